The van der Waals surface area contributed by atoms with Gasteiger partial charge in [0.05, 0.1) is 12.1 Å². The molecule has 2 atom stereocenters. The minimum atomic E-state index is -4.86. The minimum Gasteiger partial charge on any atom is -0.337 e. The molecule has 12 heteroatoms. The highest BCUT2D eigenvalue weighted by molar-refractivity contribution is 6.06. The van der Waals surface area contributed by atoms with Gasteiger partial charge in [0, 0.05) is 24.1 Å². The van der Waals surface area contributed by atoms with E-state index in [9.17, 15) is 32.3 Å². The van der Waals surface area contributed by atoms with Crippen molar-refractivity contribution in [2.75, 3.05) is 14.1 Å². The molecule has 2 aliphatic rings. The van der Waals surface area contributed by atoms with Gasteiger partial charge in [0.15, 0.2) is 6.04 Å². The molecule has 37 heavy (non-hydrogen) atoms. The van der Waals surface area contributed by atoms with Gasteiger partial charge in [-0.05, 0) is 43.8 Å². The fourth-order valence-corrected chi connectivity index (χ4v) is 4.52. The molecule has 2 aromatic carbocycles. The summed E-state index contributed by atoms with van der Waals surface area (Å²) < 4.78 is 56.9. The number of carbonyl (C=O) groups excluding carboxylic acids is 4. The van der Waals surface area contributed by atoms with Crippen LogP contribution >= 0.6 is 0 Å². The molecule has 4 rings (SSSR count). The monoisotopic (exact) mass is 520 g/mol. The zero-order valence-electron chi connectivity index (χ0n) is 20.0. The molecule has 0 aliphatic carbocycles. The maximum atomic E-state index is 15.3. The Morgan fingerprint density at radius 2 is 1.81 bits per heavy atom. The Morgan fingerprint density at radius 1 is 1.14 bits per heavy atom. The standard InChI is InChI=1S/C25H24F4N4O4/c1-32(2)11-13-3-5-14(6-4-13)21(25(27,28)29)31-22(35)16-8-7-15-17(20(16)26)12-33(24(15)37)18-9-10-19(34)30-23(18)36/h3-8,18,21H,9-12H2,1-2H3,(H,31,35)(H,30,34,36)/t18?,21-/m1/s1. The average molecular weight is 520 g/mol. The number of carbonyl (C=O) groups is 4. The highest BCUT2D eigenvalue weighted by Gasteiger charge is 2.44. The summed E-state index contributed by atoms with van der Waals surface area (Å²) in [6.45, 7) is 0.154. The van der Waals surface area contributed by atoms with Crippen LogP contribution in [0.5, 0.6) is 0 Å². The molecule has 4 amide bonds. The number of amides is 4. The molecule has 1 unspecified atom stereocenters. The zero-order valence-corrected chi connectivity index (χ0v) is 20.0. The average Bonchev–Trinajstić information content (AvgIpc) is 3.14. The third kappa shape index (κ3) is 5.33. The van der Waals surface area contributed by atoms with Crippen LogP contribution in [-0.4, -0.2) is 59.7 Å². The van der Waals surface area contributed by atoms with Crippen molar-refractivity contribution in [3.05, 3.63) is 70.0 Å². The molecular weight excluding hydrogens is 496 g/mol. The predicted molar refractivity (Wildman–Crippen MR) is 123 cm³/mol. The first-order valence-corrected chi connectivity index (χ1v) is 11.4. The van der Waals surface area contributed by atoms with E-state index in [0.717, 1.165) is 22.6 Å². The third-order valence-electron chi connectivity index (χ3n) is 6.31. The SMILES string of the molecule is CN(C)Cc1ccc([C@@H](NC(=O)c2ccc3c(c2F)CN(C2CCC(=O)NC2=O)C3=O)C(F)(F)F)cc1. The van der Waals surface area contributed by atoms with Gasteiger partial charge in [0.2, 0.25) is 11.8 Å². The van der Waals surface area contributed by atoms with Gasteiger partial charge in [-0.15, -0.1) is 0 Å². The number of imide groups is 1. The maximum absolute atomic E-state index is 15.3. The van der Waals surface area contributed by atoms with Crippen LogP contribution < -0.4 is 10.6 Å². The summed E-state index contributed by atoms with van der Waals surface area (Å²) in [5.74, 6) is -4.28. The van der Waals surface area contributed by atoms with Crippen LogP contribution in [0.1, 0.15) is 56.3 Å². The highest BCUT2D eigenvalue weighted by atomic mass is 19.4. The smallest absolute Gasteiger partial charge is 0.337 e. The van der Waals surface area contributed by atoms with E-state index >= 15 is 4.39 Å². The zero-order chi connectivity index (χ0) is 27.1. The van der Waals surface area contributed by atoms with E-state index in [1.165, 1.54) is 24.3 Å². The first-order chi connectivity index (χ1) is 17.4. The fraction of sp³-hybridized carbons (Fsp3) is 0.360. The molecule has 2 aromatic rings. The normalized spacial score (nSPS) is 18.6. The number of alkyl halides is 3. The van der Waals surface area contributed by atoms with E-state index in [1.807, 2.05) is 24.3 Å². The largest absolute Gasteiger partial charge is 0.412 e. The third-order valence-corrected chi connectivity index (χ3v) is 6.31. The molecule has 196 valence electrons. The van der Waals surface area contributed by atoms with Crippen LogP contribution in [-0.2, 0) is 22.7 Å². The Labute approximate surface area is 209 Å². The van der Waals surface area contributed by atoms with E-state index in [4.69, 9.17) is 0 Å². The van der Waals surface area contributed by atoms with Gasteiger partial charge in [0.25, 0.3) is 11.8 Å². The molecular formula is C25H24F4N4O4. The Hall–Kier alpha value is -3.80. The Morgan fingerprint density at radius 3 is 2.41 bits per heavy atom. The lowest BCUT2D eigenvalue weighted by molar-refractivity contribution is -0.155. The second-order valence-electron chi connectivity index (χ2n) is 9.28. The highest BCUT2D eigenvalue weighted by Crippen LogP contribution is 2.34. The van der Waals surface area contributed by atoms with Crippen LogP contribution in [0.15, 0.2) is 36.4 Å². The molecule has 1 fully saturated rings. The van der Waals surface area contributed by atoms with Crippen molar-refractivity contribution in [2.24, 2.45) is 0 Å². The molecule has 8 nitrogen and oxygen atoms in total. The summed E-state index contributed by atoms with van der Waals surface area (Å²) in [4.78, 5) is 52.1. The number of piperidine rings is 1. The van der Waals surface area contributed by atoms with Crippen LogP contribution in [0.3, 0.4) is 0 Å². The lowest BCUT2D eigenvalue weighted by Gasteiger charge is -2.29. The Bertz CT molecular complexity index is 1260. The Kier molecular flexibility index (Phi) is 7.05. The first kappa shape index (κ1) is 26.3. The summed E-state index contributed by atoms with van der Waals surface area (Å²) in [7, 11) is 3.63. The second kappa shape index (κ2) is 9.92. The molecule has 2 heterocycles. The molecule has 0 radical (unpaired) electrons. The molecule has 0 bridgehead atoms. The van der Waals surface area contributed by atoms with Gasteiger partial charge < -0.3 is 15.1 Å². The number of hydrogen-bond acceptors (Lipinski definition) is 5. The summed E-state index contributed by atoms with van der Waals surface area (Å²) in [6, 6.07) is 4.27. The topological polar surface area (TPSA) is 98.8 Å². The van der Waals surface area contributed by atoms with E-state index in [1.54, 1.807) is 0 Å². The first-order valence-electron chi connectivity index (χ1n) is 11.4. The van der Waals surface area contributed by atoms with Crippen molar-refractivity contribution < 1.29 is 36.7 Å². The second-order valence-corrected chi connectivity index (χ2v) is 9.28. The van der Waals surface area contributed by atoms with Crippen molar-refractivity contribution in [1.29, 1.82) is 0 Å². The van der Waals surface area contributed by atoms with Gasteiger partial charge in [-0.25, -0.2) is 4.39 Å². The van der Waals surface area contributed by atoms with Crippen molar-refractivity contribution in [3.63, 3.8) is 0 Å². The van der Waals surface area contributed by atoms with E-state index in [0.29, 0.717) is 6.54 Å². The van der Waals surface area contributed by atoms with Crippen LogP contribution in [0.25, 0.3) is 0 Å². The lowest BCUT2D eigenvalue weighted by atomic mass is 10.0. The van der Waals surface area contributed by atoms with Gasteiger partial charge in [0.1, 0.15) is 11.9 Å². The van der Waals surface area contributed by atoms with Crippen molar-refractivity contribution in [1.82, 2.24) is 20.4 Å². The van der Waals surface area contributed by atoms with Gasteiger partial charge >= 0.3 is 6.18 Å². The molecule has 1 saturated heterocycles. The van der Waals surface area contributed by atoms with Gasteiger partial charge in [-0.2, -0.15) is 13.2 Å². The molecule has 2 N–H and O–H groups in total. The number of nitrogens with zero attached hydrogens (tertiary/aromatic N) is 2. The lowest BCUT2D eigenvalue weighted by Crippen LogP contribution is -2.52. The van der Waals surface area contributed by atoms with Gasteiger partial charge in [-0.1, -0.05) is 24.3 Å². The molecule has 0 aromatic heterocycles. The van der Waals surface area contributed by atoms with E-state index < -0.39 is 53.3 Å². The fourth-order valence-electron chi connectivity index (χ4n) is 4.52. The van der Waals surface area contributed by atoms with Gasteiger partial charge in [-0.3, -0.25) is 24.5 Å². The summed E-state index contributed by atoms with van der Waals surface area (Å²) in [5.41, 5.74) is -0.392. The maximum Gasteiger partial charge on any atom is 0.412 e. The van der Waals surface area contributed by atoms with Crippen LogP contribution in [0, 0.1) is 5.82 Å². The Balaban J connectivity index is 1.56. The van der Waals surface area contributed by atoms with Crippen LogP contribution in [0.2, 0.25) is 0 Å². The quantitative estimate of drug-likeness (QED) is 0.451. The predicted octanol–water partition coefficient (Wildman–Crippen LogP) is 2.68. The number of nitrogens with one attached hydrogen (secondary N) is 2. The molecule has 0 spiro atoms. The summed E-state index contributed by atoms with van der Waals surface area (Å²) in [6.07, 6.45) is -4.80. The van der Waals surface area contributed by atoms with Crippen molar-refractivity contribution in [2.45, 2.75) is 44.2 Å². The van der Waals surface area contributed by atoms with Crippen molar-refractivity contribution >= 4 is 23.6 Å². The van der Waals surface area contributed by atoms with E-state index in [2.05, 4.69) is 5.32 Å². The number of halogens is 4. The van der Waals surface area contributed by atoms with Crippen LogP contribution in [0.4, 0.5) is 17.6 Å². The molecule has 0 saturated carbocycles. The molecule has 2 aliphatic heterocycles. The minimum absolute atomic E-state index is 0.00161. The van der Waals surface area contributed by atoms with Crippen molar-refractivity contribution in [3.8, 4) is 0 Å². The summed E-state index contributed by atoms with van der Waals surface area (Å²) in [5, 5.41) is 3.99. The number of benzene rings is 2. The summed E-state index contributed by atoms with van der Waals surface area (Å²) >= 11 is 0. The number of rotatable bonds is 6. The number of hydrogen-bond donors (Lipinski definition) is 2. The number of fused-ring (bicyclic) bond motifs is 1. The van der Waals surface area contributed by atoms with E-state index in [-0.39, 0.29) is 36.1 Å².